The Kier molecular flexibility index (Phi) is 4.33. The molecule has 0 radical (unpaired) electrons. The van der Waals surface area contributed by atoms with E-state index in [1.807, 2.05) is 0 Å². The van der Waals surface area contributed by atoms with E-state index < -0.39 is 18.6 Å². The highest BCUT2D eigenvalue weighted by Crippen LogP contribution is 2.23. The second kappa shape index (κ2) is 5.53. The summed E-state index contributed by atoms with van der Waals surface area (Å²) in [5.41, 5.74) is 5.57. The Hall–Kier alpha value is -1.76. The number of nitrogens with two attached hydrogens (primary N) is 1. The van der Waals surface area contributed by atoms with Crippen LogP contribution in [0.4, 0.5) is 24.5 Å². The molecule has 0 aromatic heterocycles. The van der Waals surface area contributed by atoms with Crippen molar-refractivity contribution < 1.29 is 18.0 Å². The monoisotopic (exact) mass is 247 g/mol. The molecular formula is C10H12F3N3O. The van der Waals surface area contributed by atoms with Gasteiger partial charge in [0.1, 0.15) is 6.54 Å². The van der Waals surface area contributed by atoms with E-state index in [2.05, 4.69) is 10.6 Å². The number of halogens is 3. The van der Waals surface area contributed by atoms with Crippen LogP contribution in [-0.2, 0) is 4.79 Å². The molecule has 17 heavy (non-hydrogen) atoms. The zero-order chi connectivity index (χ0) is 12.9. The summed E-state index contributed by atoms with van der Waals surface area (Å²) >= 11 is 0. The second-order valence-corrected chi connectivity index (χ2v) is 3.27. The summed E-state index contributed by atoms with van der Waals surface area (Å²) < 4.78 is 36.1. The van der Waals surface area contributed by atoms with Crippen LogP contribution in [0.1, 0.15) is 0 Å². The van der Waals surface area contributed by atoms with Crippen LogP contribution in [0.25, 0.3) is 0 Å². The molecule has 1 aromatic rings. The second-order valence-electron chi connectivity index (χ2n) is 3.27. The highest BCUT2D eigenvalue weighted by atomic mass is 19.4. The number of amides is 1. The largest absolute Gasteiger partial charge is 0.405 e. The average molecular weight is 247 g/mol. The number of alkyl halides is 3. The number of anilines is 2. The Morgan fingerprint density at radius 1 is 1.24 bits per heavy atom. The maximum Gasteiger partial charge on any atom is 0.405 e. The van der Waals surface area contributed by atoms with Crippen LogP contribution in [0, 0.1) is 0 Å². The van der Waals surface area contributed by atoms with E-state index in [-0.39, 0.29) is 17.9 Å². The quantitative estimate of drug-likeness (QED) is 0.756. The summed E-state index contributed by atoms with van der Waals surface area (Å²) in [6.07, 6.45) is -4.31. The van der Waals surface area contributed by atoms with Gasteiger partial charge in [0.2, 0.25) is 5.91 Å². The molecule has 0 heterocycles. The third kappa shape index (κ3) is 4.73. The summed E-state index contributed by atoms with van der Waals surface area (Å²) in [5.74, 6) is -0.466. The van der Waals surface area contributed by atoms with Crippen LogP contribution in [0.5, 0.6) is 0 Å². The summed E-state index contributed by atoms with van der Waals surface area (Å²) in [7, 11) is 0. The summed E-state index contributed by atoms with van der Waals surface area (Å²) in [6, 6.07) is 6.10. The van der Waals surface area contributed by atoms with Gasteiger partial charge in [0.25, 0.3) is 0 Å². The third-order valence-electron chi connectivity index (χ3n) is 1.87. The molecule has 94 valence electrons. The first-order chi connectivity index (χ1) is 7.92. The predicted octanol–water partition coefficient (Wildman–Crippen LogP) is 1.56. The lowest BCUT2D eigenvalue weighted by Crippen LogP contribution is -2.24. The minimum atomic E-state index is -4.31. The number of para-hydroxylation sites is 2. The van der Waals surface area contributed by atoms with Crippen LogP contribution >= 0.6 is 0 Å². The van der Waals surface area contributed by atoms with Crippen molar-refractivity contribution in [1.29, 1.82) is 0 Å². The highest BCUT2D eigenvalue weighted by Gasteiger charge is 2.26. The maximum atomic E-state index is 12.0. The van der Waals surface area contributed by atoms with E-state index in [9.17, 15) is 18.0 Å². The number of nitrogens with one attached hydrogen (secondary N) is 2. The van der Waals surface area contributed by atoms with Gasteiger partial charge in [0.05, 0.1) is 17.9 Å². The van der Waals surface area contributed by atoms with Gasteiger partial charge < -0.3 is 16.4 Å². The molecule has 0 unspecified atom stereocenters. The molecule has 0 atom stereocenters. The van der Waals surface area contributed by atoms with Gasteiger partial charge in [-0.05, 0) is 12.1 Å². The van der Waals surface area contributed by atoms with Gasteiger partial charge in [-0.2, -0.15) is 13.2 Å². The molecule has 0 aliphatic rings. The first kappa shape index (κ1) is 13.3. The standard InChI is InChI=1S/C10H12F3N3O/c11-10(12,13)6-15-7-3-1-2-4-8(7)16-9(17)5-14/h1-4,15H,5-6,14H2,(H,16,17). The van der Waals surface area contributed by atoms with E-state index in [4.69, 9.17) is 5.73 Å². The third-order valence-corrected chi connectivity index (χ3v) is 1.87. The van der Waals surface area contributed by atoms with Gasteiger partial charge >= 0.3 is 6.18 Å². The molecule has 4 nitrogen and oxygen atoms in total. The first-order valence-electron chi connectivity index (χ1n) is 4.82. The molecule has 0 fully saturated rings. The normalized spacial score (nSPS) is 11.1. The molecular weight excluding hydrogens is 235 g/mol. The zero-order valence-electron chi connectivity index (χ0n) is 8.84. The molecule has 1 rings (SSSR count). The lowest BCUT2D eigenvalue weighted by molar-refractivity contribution is -0.115. The number of hydrogen-bond acceptors (Lipinski definition) is 3. The fourth-order valence-corrected chi connectivity index (χ4v) is 1.14. The van der Waals surface area contributed by atoms with E-state index in [1.54, 1.807) is 12.1 Å². The minimum Gasteiger partial charge on any atom is -0.375 e. The summed E-state index contributed by atoms with van der Waals surface area (Å²) in [6.45, 7) is -1.39. The van der Waals surface area contributed by atoms with Crippen molar-refractivity contribution in [2.75, 3.05) is 23.7 Å². The van der Waals surface area contributed by atoms with Gasteiger partial charge in [0, 0.05) is 0 Å². The fourth-order valence-electron chi connectivity index (χ4n) is 1.14. The molecule has 0 saturated carbocycles. The number of carbonyl (C=O) groups excluding carboxylic acids is 1. The minimum absolute atomic E-state index is 0.201. The van der Waals surface area contributed by atoms with Gasteiger partial charge in [-0.3, -0.25) is 4.79 Å². The van der Waals surface area contributed by atoms with Crippen LogP contribution in [0.2, 0.25) is 0 Å². The van der Waals surface area contributed by atoms with Crippen molar-refractivity contribution in [3.63, 3.8) is 0 Å². The zero-order valence-corrected chi connectivity index (χ0v) is 8.84. The summed E-state index contributed by atoms with van der Waals surface area (Å²) in [5, 5.41) is 4.60. The van der Waals surface area contributed by atoms with Crippen molar-refractivity contribution in [3.05, 3.63) is 24.3 Å². The van der Waals surface area contributed by atoms with Crippen molar-refractivity contribution in [2.24, 2.45) is 5.73 Å². The van der Waals surface area contributed by atoms with Crippen LogP contribution in [0.3, 0.4) is 0 Å². The van der Waals surface area contributed by atoms with Gasteiger partial charge in [0.15, 0.2) is 0 Å². The van der Waals surface area contributed by atoms with Gasteiger partial charge in [-0.1, -0.05) is 12.1 Å². The number of rotatable bonds is 4. The van der Waals surface area contributed by atoms with E-state index >= 15 is 0 Å². The van der Waals surface area contributed by atoms with Crippen LogP contribution < -0.4 is 16.4 Å². The number of hydrogen-bond donors (Lipinski definition) is 3. The average Bonchev–Trinajstić information content (AvgIpc) is 2.26. The van der Waals surface area contributed by atoms with Crippen molar-refractivity contribution >= 4 is 17.3 Å². The van der Waals surface area contributed by atoms with Crippen molar-refractivity contribution in [1.82, 2.24) is 0 Å². The Bertz CT molecular complexity index is 393. The molecule has 0 spiro atoms. The molecule has 4 N–H and O–H groups in total. The van der Waals surface area contributed by atoms with E-state index in [0.717, 1.165) is 0 Å². The Labute approximate surface area is 96.0 Å². The molecule has 1 aromatic carbocycles. The number of benzene rings is 1. The van der Waals surface area contributed by atoms with Gasteiger partial charge in [-0.25, -0.2) is 0 Å². The fraction of sp³-hybridized carbons (Fsp3) is 0.300. The number of carbonyl (C=O) groups is 1. The van der Waals surface area contributed by atoms with Crippen molar-refractivity contribution in [2.45, 2.75) is 6.18 Å². The Morgan fingerprint density at radius 2 is 1.82 bits per heavy atom. The SMILES string of the molecule is NCC(=O)Nc1ccccc1NCC(F)(F)F. The van der Waals surface area contributed by atoms with Crippen LogP contribution in [0.15, 0.2) is 24.3 Å². The molecule has 0 aliphatic carbocycles. The Balaban J connectivity index is 2.74. The van der Waals surface area contributed by atoms with Gasteiger partial charge in [-0.15, -0.1) is 0 Å². The predicted molar refractivity (Wildman–Crippen MR) is 58.7 cm³/mol. The maximum absolute atomic E-state index is 12.0. The summed E-state index contributed by atoms with van der Waals surface area (Å²) in [4.78, 5) is 11.0. The van der Waals surface area contributed by atoms with Crippen LogP contribution in [-0.4, -0.2) is 25.2 Å². The lowest BCUT2D eigenvalue weighted by Gasteiger charge is -2.13. The molecule has 0 bridgehead atoms. The lowest BCUT2D eigenvalue weighted by atomic mass is 10.2. The Morgan fingerprint density at radius 3 is 2.35 bits per heavy atom. The van der Waals surface area contributed by atoms with Crippen molar-refractivity contribution in [3.8, 4) is 0 Å². The topological polar surface area (TPSA) is 67.2 Å². The molecule has 7 heteroatoms. The molecule has 0 saturated heterocycles. The molecule has 0 aliphatic heterocycles. The van der Waals surface area contributed by atoms with E-state index in [1.165, 1.54) is 12.1 Å². The smallest absolute Gasteiger partial charge is 0.375 e. The molecule has 1 amide bonds. The first-order valence-corrected chi connectivity index (χ1v) is 4.82. The highest BCUT2D eigenvalue weighted by molar-refractivity contribution is 5.95. The van der Waals surface area contributed by atoms with E-state index in [0.29, 0.717) is 0 Å².